The lowest BCUT2D eigenvalue weighted by Crippen LogP contribution is -2.45. The van der Waals surface area contributed by atoms with Gasteiger partial charge in [-0.1, -0.05) is 36.4 Å². The van der Waals surface area contributed by atoms with Crippen LogP contribution in [-0.4, -0.2) is 44.5 Å². The summed E-state index contributed by atoms with van der Waals surface area (Å²) in [4.78, 5) is 50.9. The second kappa shape index (κ2) is 8.82. The van der Waals surface area contributed by atoms with Crippen molar-refractivity contribution in [3.05, 3.63) is 48.6 Å². The van der Waals surface area contributed by atoms with E-state index in [-0.39, 0.29) is 13.0 Å². The van der Waals surface area contributed by atoms with Crippen LogP contribution in [-0.2, 0) is 33.4 Å². The van der Waals surface area contributed by atoms with E-state index in [9.17, 15) is 19.2 Å². The molecule has 1 fully saturated rings. The Labute approximate surface area is 163 Å². The second-order valence-electron chi connectivity index (χ2n) is 6.56. The third-order valence-corrected chi connectivity index (χ3v) is 5.25. The van der Waals surface area contributed by atoms with Crippen molar-refractivity contribution in [1.29, 1.82) is 0 Å². The number of ether oxygens (including phenoxy) is 3. The first kappa shape index (κ1) is 21.3. The van der Waals surface area contributed by atoms with Crippen molar-refractivity contribution in [1.82, 2.24) is 0 Å². The van der Waals surface area contributed by atoms with Crippen LogP contribution in [0.25, 0.3) is 0 Å². The Morgan fingerprint density at radius 1 is 1.11 bits per heavy atom. The molecule has 3 atom stereocenters. The van der Waals surface area contributed by atoms with Crippen LogP contribution in [0.4, 0.5) is 0 Å². The van der Waals surface area contributed by atoms with E-state index < -0.39 is 46.9 Å². The predicted molar refractivity (Wildman–Crippen MR) is 99.1 cm³/mol. The molecule has 0 bridgehead atoms. The summed E-state index contributed by atoms with van der Waals surface area (Å²) in [6.07, 6.45) is 1.41. The van der Waals surface area contributed by atoms with E-state index >= 15 is 0 Å². The highest BCUT2D eigenvalue weighted by atomic mass is 16.5. The van der Waals surface area contributed by atoms with Crippen LogP contribution in [0.2, 0.25) is 0 Å². The van der Waals surface area contributed by atoms with E-state index in [1.54, 1.807) is 37.3 Å². The molecule has 0 amide bonds. The van der Waals surface area contributed by atoms with Gasteiger partial charge in [0.05, 0.1) is 20.8 Å². The Morgan fingerprint density at radius 2 is 1.68 bits per heavy atom. The van der Waals surface area contributed by atoms with Gasteiger partial charge in [-0.15, -0.1) is 6.58 Å². The average Bonchev–Trinajstić information content (AvgIpc) is 3.08. The minimum absolute atomic E-state index is 0.0329. The van der Waals surface area contributed by atoms with Gasteiger partial charge in [0.1, 0.15) is 0 Å². The molecule has 0 N–H and O–H groups in total. The Hall–Kier alpha value is -2.96. The Kier molecular flexibility index (Phi) is 6.72. The van der Waals surface area contributed by atoms with Crippen molar-refractivity contribution >= 4 is 23.7 Å². The molecule has 3 unspecified atom stereocenters. The van der Waals surface area contributed by atoms with E-state index in [0.29, 0.717) is 5.56 Å². The van der Waals surface area contributed by atoms with E-state index in [2.05, 4.69) is 6.58 Å². The molecule has 1 aliphatic carbocycles. The number of esters is 3. The molecule has 2 rings (SSSR count). The van der Waals surface area contributed by atoms with E-state index in [4.69, 9.17) is 14.2 Å². The standard InChI is InChI=1S/C21H24O7/c1-5-13-12-21(19(24)26-3,20(25)27-4)16(14-10-8-7-9-11-14)15(13)17(22)18(23)28-6-2/h5,7-11,13,15-16H,1,6,12H2,2-4H3. The Balaban J connectivity index is 2.73. The van der Waals surface area contributed by atoms with Crippen LogP contribution < -0.4 is 0 Å². The molecule has 1 saturated carbocycles. The summed E-state index contributed by atoms with van der Waals surface area (Å²) in [5, 5.41) is 0. The van der Waals surface area contributed by atoms with Crippen molar-refractivity contribution in [3.8, 4) is 0 Å². The quantitative estimate of drug-likeness (QED) is 0.232. The van der Waals surface area contributed by atoms with Crippen molar-refractivity contribution in [2.45, 2.75) is 19.3 Å². The van der Waals surface area contributed by atoms with Crippen molar-refractivity contribution in [2.75, 3.05) is 20.8 Å². The molecule has 1 aromatic rings. The summed E-state index contributed by atoms with van der Waals surface area (Å²) in [5.41, 5.74) is -1.23. The van der Waals surface area contributed by atoms with Gasteiger partial charge in [0.2, 0.25) is 5.78 Å². The summed E-state index contributed by atoms with van der Waals surface area (Å²) in [5.74, 6) is -6.06. The molecular weight excluding hydrogens is 364 g/mol. The monoisotopic (exact) mass is 388 g/mol. The number of benzene rings is 1. The maximum Gasteiger partial charge on any atom is 0.374 e. The zero-order valence-electron chi connectivity index (χ0n) is 16.2. The van der Waals surface area contributed by atoms with Gasteiger partial charge in [-0.3, -0.25) is 14.4 Å². The minimum Gasteiger partial charge on any atom is -0.468 e. The lowest BCUT2D eigenvalue weighted by atomic mass is 9.70. The van der Waals surface area contributed by atoms with Crippen LogP contribution in [0.3, 0.4) is 0 Å². The third-order valence-electron chi connectivity index (χ3n) is 5.25. The SMILES string of the molecule is C=CC1CC(C(=O)OC)(C(=O)OC)C(c2ccccc2)C1C(=O)C(=O)OCC. The molecule has 150 valence electrons. The van der Waals surface area contributed by atoms with Gasteiger partial charge in [0.25, 0.3) is 0 Å². The zero-order valence-corrected chi connectivity index (χ0v) is 16.2. The highest BCUT2D eigenvalue weighted by molar-refractivity contribution is 6.35. The number of rotatable bonds is 7. The maximum absolute atomic E-state index is 13.0. The molecule has 0 spiro atoms. The number of Topliss-reactive ketones (excluding diaryl/α,β-unsaturated/α-hetero) is 1. The fourth-order valence-corrected chi connectivity index (χ4v) is 4.11. The summed E-state index contributed by atoms with van der Waals surface area (Å²) in [7, 11) is 2.33. The first-order valence-corrected chi connectivity index (χ1v) is 8.94. The van der Waals surface area contributed by atoms with Crippen LogP contribution in [0.1, 0.15) is 24.8 Å². The van der Waals surface area contributed by atoms with Crippen LogP contribution in [0, 0.1) is 17.3 Å². The number of methoxy groups -OCH3 is 2. The molecule has 28 heavy (non-hydrogen) atoms. The summed E-state index contributed by atoms with van der Waals surface area (Å²) >= 11 is 0. The Bertz CT molecular complexity index is 752. The van der Waals surface area contributed by atoms with Gasteiger partial charge < -0.3 is 14.2 Å². The van der Waals surface area contributed by atoms with Crippen LogP contribution in [0.5, 0.6) is 0 Å². The molecule has 0 aliphatic heterocycles. The topological polar surface area (TPSA) is 96.0 Å². The maximum atomic E-state index is 13.0. The number of hydrogen-bond acceptors (Lipinski definition) is 7. The molecule has 0 aromatic heterocycles. The van der Waals surface area contributed by atoms with Gasteiger partial charge in [-0.2, -0.15) is 0 Å². The highest BCUT2D eigenvalue weighted by Crippen LogP contribution is 2.57. The zero-order chi connectivity index (χ0) is 20.9. The van der Waals surface area contributed by atoms with E-state index in [0.717, 1.165) is 0 Å². The lowest BCUT2D eigenvalue weighted by molar-refractivity contribution is -0.171. The fourth-order valence-electron chi connectivity index (χ4n) is 4.11. The number of allylic oxidation sites excluding steroid dienone is 1. The summed E-state index contributed by atoms with van der Waals surface area (Å²) < 4.78 is 14.8. The number of hydrogen-bond donors (Lipinski definition) is 0. The number of carbonyl (C=O) groups excluding carboxylic acids is 4. The predicted octanol–water partition coefficient (Wildman–Crippen LogP) is 2.06. The lowest BCUT2D eigenvalue weighted by Gasteiger charge is -2.32. The van der Waals surface area contributed by atoms with Crippen molar-refractivity contribution in [2.24, 2.45) is 17.3 Å². The third kappa shape index (κ3) is 3.44. The van der Waals surface area contributed by atoms with Gasteiger partial charge in [-0.25, -0.2) is 4.79 Å². The smallest absolute Gasteiger partial charge is 0.374 e. The second-order valence-corrected chi connectivity index (χ2v) is 6.56. The molecule has 7 nitrogen and oxygen atoms in total. The molecule has 0 heterocycles. The van der Waals surface area contributed by atoms with E-state index in [1.165, 1.54) is 20.3 Å². The van der Waals surface area contributed by atoms with Gasteiger partial charge in [0.15, 0.2) is 5.41 Å². The largest absolute Gasteiger partial charge is 0.468 e. The van der Waals surface area contributed by atoms with Gasteiger partial charge in [-0.05, 0) is 24.8 Å². The van der Waals surface area contributed by atoms with Crippen LogP contribution >= 0.6 is 0 Å². The molecule has 1 aromatic carbocycles. The van der Waals surface area contributed by atoms with E-state index in [1.807, 2.05) is 0 Å². The van der Waals surface area contributed by atoms with Crippen LogP contribution in [0.15, 0.2) is 43.0 Å². The van der Waals surface area contributed by atoms with Crippen molar-refractivity contribution < 1.29 is 33.4 Å². The summed E-state index contributed by atoms with van der Waals surface area (Å²) in [6.45, 7) is 5.36. The van der Waals surface area contributed by atoms with Crippen molar-refractivity contribution in [3.63, 3.8) is 0 Å². The number of carbonyl (C=O) groups is 4. The van der Waals surface area contributed by atoms with Gasteiger partial charge >= 0.3 is 17.9 Å². The normalized spacial score (nSPS) is 22.8. The Morgan fingerprint density at radius 3 is 2.14 bits per heavy atom. The number of ketones is 1. The molecule has 1 aliphatic rings. The first-order chi connectivity index (χ1) is 13.4. The molecular formula is C21H24O7. The average molecular weight is 388 g/mol. The molecule has 7 heteroatoms. The highest BCUT2D eigenvalue weighted by Gasteiger charge is 2.66. The summed E-state index contributed by atoms with van der Waals surface area (Å²) in [6, 6.07) is 8.61. The minimum atomic E-state index is -1.78. The van der Waals surface area contributed by atoms with Gasteiger partial charge in [0, 0.05) is 11.8 Å². The molecule has 0 saturated heterocycles. The molecule has 0 radical (unpaired) electrons. The first-order valence-electron chi connectivity index (χ1n) is 8.94. The fraction of sp³-hybridized carbons (Fsp3) is 0.429.